The molecule has 2 unspecified atom stereocenters. The summed E-state index contributed by atoms with van der Waals surface area (Å²) >= 11 is 0. The molecule has 30 heavy (non-hydrogen) atoms. The number of fused-ring (bicyclic) bond motifs is 1. The van der Waals surface area contributed by atoms with Crippen LogP contribution >= 0.6 is 0 Å². The van der Waals surface area contributed by atoms with Gasteiger partial charge in [-0.1, -0.05) is 11.2 Å². The third-order valence-corrected chi connectivity index (χ3v) is 8.11. The van der Waals surface area contributed by atoms with Crippen LogP contribution < -0.4 is 4.74 Å². The molecule has 0 N–H and O–H groups in total. The minimum atomic E-state index is -3.36. The van der Waals surface area contributed by atoms with Crippen molar-refractivity contribution < 1.29 is 22.5 Å². The Bertz CT molecular complexity index is 1080. The molecule has 0 aliphatic carbocycles. The van der Waals surface area contributed by atoms with Gasteiger partial charge < -0.3 is 14.2 Å². The third kappa shape index (κ3) is 3.18. The predicted molar refractivity (Wildman–Crippen MR) is 109 cm³/mol. The number of methoxy groups -OCH3 is 1. The molecule has 0 radical (unpaired) electrons. The van der Waals surface area contributed by atoms with Gasteiger partial charge in [0.1, 0.15) is 5.75 Å². The predicted octanol–water partition coefficient (Wildman–Crippen LogP) is 1.37. The second kappa shape index (κ2) is 7.35. The number of carbonyl (C=O) groups excluding carboxylic acids is 1. The minimum Gasteiger partial charge on any atom is -0.496 e. The second-order valence-electron chi connectivity index (χ2n) is 8.01. The Kier molecular flexibility index (Phi) is 5.09. The first-order chi connectivity index (χ1) is 14.2. The number of hydrogen-bond donors (Lipinski definition) is 0. The van der Waals surface area contributed by atoms with Crippen molar-refractivity contribution in [3.63, 3.8) is 0 Å². The molecule has 2 aliphatic heterocycles. The van der Waals surface area contributed by atoms with Gasteiger partial charge in [0.2, 0.25) is 15.9 Å². The molecule has 1 aromatic carbocycles. The summed E-state index contributed by atoms with van der Waals surface area (Å²) in [5.41, 5.74) is 0.649. The van der Waals surface area contributed by atoms with E-state index in [4.69, 9.17) is 9.26 Å². The van der Waals surface area contributed by atoms with Crippen molar-refractivity contribution in [2.24, 2.45) is 5.92 Å². The van der Waals surface area contributed by atoms with E-state index in [0.717, 1.165) is 5.56 Å². The summed E-state index contributed by atoms with van der Waals surface area (Å²) in [6.07, 6.45) is 0. The highest BCUT2D eigenvalue weighted by molar-refractivity contribution is 7.89. The third-order valence-electron chi connectivity index (χ3n) is 6.31. The molecule has 4 rings (SSSR count). The maximum atomic E-state index is 13.4. The molecule has 3 heterocycles. The summed E-state index contributed by atoms with van der Waals surface area (Å²) in [6, 6.07) is 5.40. The van der Waals surface area contributed by atoms with Crippen LogP contribution in [0.4, 0.5) is 0 Å². The van der Waals surface area contributed by atoms with Crippen LogP contribution in [0.5, 0.6) is 5.75 Å². The van der Waals surface area contributed by atoms with Crippen LogP contribution in [-0.2, 0) is 15.4 Å². The topological polar surface area (TPSA) is 106 Å². The maximum absolute atomic E-state index is 13.4. The Morgan fingerprint density at radius 1 is 1.30 bits per heavy atom. The number of rotatable bonds is 5. The van der Waals surface area contributed by atoms with Gasteiger partial charge in [-0.2, -0.15) is 4.98 Å². The SMILES string of the molecule is CCS(=O)(=O)N1CC2CN(C(=O)c3cccc(OC)c3C)CC2(c2nc(C)no2)C1. The normalized spacial score (nSPS) is 24.3. The standard InChI is InChI=1S/C20H26N4O5S/c1-5-30(26,27)24-10-15-9-23(11-20(15,12-24)19-21-14(3)22-29-19)18(25)16-7-6-8-17(28-4)13(16)2/h6-8,15H,5,9-12H2,1-4H3. The van der Waals surface area contributed by atoms with Crippen LogP contribution in [0.1, 0.15) is 34.6 Å². The largest absolute Gasteiger partial charge is 0.496 e. The van der Waals surface area contributed by atoms with Crippen molar-refractivity contribution >= 4 is 15.9 Å². The van der Waals surface area contributed by atoms with E-state index in [2.05, 4.69) is 10.1 Å². The zero-order chi connectivity index (χ0) is 21.7. The number of nitrogens with zero attached hydrogens (tertiary/aromatic N) is 4. The summed E-state index contributed by atoms with van der Waals surface area (Å²) in [5.74, 6) is 1.35. The Balaban J connectivity index is 1.68. The summed E-state index contributed by atoms with van der Waals surface area (Å²) in [6.45, 7) is 6.53. The van der Waals surface area contributed by atoms with E-state index in [9.17, 15) is 13.2 Å². The number of aryl methyl sites for hydroxylation is 1. The molecule has 0 spiro atoms. The van der Waals surface area contributed by atoms with E-state index in [1.807, 2.05) is 13.0 Å². The quantitative estimate of drug-likeness (QED) is 0.700. The van der Waals surface area contributed by atoms with E-state index < -0.39 is 15.4 Å². The summed E-state index contributed by atoms with van der Waals surface area (Å²) in [5, 5.41) is 3.91. The molecule has 2 saturated heterocycles. The fourth-order valence-electron chi connectivity index (χ4n) is 4.61. The Labute approximate surface area is 176 Å². The van der Waals surface area contributed by atoms with Gasteiger partial charge in [0.25, 0.3) is 5.91 Å². The average molecular weight is 435 g/mol. The summed E-state index contributed by atoms with van der Waals surface area (Å²) in [7, 11) is -1.79. The highest BCUT2D eigenvalue weighted by Crippen LogP contribution is 2.45. The van der Waals surface area contributed by atoms with Crippen molar-refractivity contribution in [2.75, 3.05) is 39.0 Å². The van der Waals surface area contributed by atoms with Crippen molar-refractivity contribution in [1.82, 2.24) is 19.3 Å². The minimum absolute atomic E-state index is 0.0321. The lowest BCUT2D eigenvalue weighted by molar-refractivity contribution is 0.0771. The first-order valence-electron chi connectivity index (χ1n) is 9.93. The summed E-state index contributed by atoms with van der Waals surface area (Å²) in [4.78, 5) is 19.5. The van der Waals surface area contributed by atoms with Gasteiger partial charge in [-0.3, -0.25) is 4.79 Å². The lowest BCUT2D eigenvalue weighted by Crippen LogP contribution is -2.41. The first kappa shape index (κ1) is 20.8. The molecule has 1 aromatic heterocycles. The first-order valence-corrected chi connectivity index (χ1v) is 11.5. The van der Waals surface area contributed by atoms with Gasteiger partial charge in [-0.05, 0) is 32.9 Å². The van der Waals surface area contributed by atoms with E-state index in [1.165, 1.54) is 4.31 Å². The number of hydrogen-bond acceptors (Lipinski definition) is 7. The Morgan fingerprint density at radius 2 is 2.07 bits per heavy atom. The molecule has 10 heteroatoms. The highest BCUT2D eigenvalue weighted by Gasteiger charge is 2.59. The number of aromatic nitrogens is 2. The lowest BCUT2D eigenvalue weighted by Gasteiger charge is -2.26. The molecule has 9 nitrogen and oxygen atoms in total. The van der Waals surface area contributed by atoms with E-state index in [1.54, 1.807) is 38.0 Å². The average Bonchev–Trinajstić information content (AvgIpc) is 3.40. The fourth-order valence-corrected chi connectivity index (χ4v) is 5.81. The van der Waals surface area contributed by atoms with E-state index in [0.29, 0.717) is 42.7 Å². The Hall–Kier alpha value is -2.46. The van der Waals surface area contributed by atoms with Crippen LogP contribution in [0.25, 0.3) is 0 Å². The van der Waals surface area contributed by atoms with E-state index >= 15 is 0 Å². The van der Waals surface area contributed by atoms with Crippen LogP contribution in [0, 0.1) is 19.8 Å². The molecule has 162 valence electrons. The summed E-state index contributed by atoms with van der Waals surface area (Å²) < 4.78 is 37.4. The molecule has 1 amide bonds. The van der Waals surface area contributed by atoms with E-state index in [-0.39, 0.29) is 24.1 Å². The molecule has 2 aromatic rings. The van der Waals surface area contributed by atoms with Gasteiger partial charge in [-0.15, -0.1) is 0 Å². The van der Waals surface area contributed by atoms with Crippen LogP contribution in [-0.4, -0.2) is 72.7 Å². The highest BCUT2D eigenvalue weighted by atomic mass is 32.2. The van der Waals surface area contributed by atoms with Crippen LogP contribution in [0.2, 0.25) is 0 Å². The van der Waals surface area contributed by atoms with Crippen molar-refractivity contribution in [2.45, 2.75) is 26.2 Å². The number of benzene rings is 1. The van der Waals surface area contributed by atoms with Gasteiger partial charge in [0.15, 0.2) is 5.82 Å². The second-order valence-corrected chi connectivity index (χ2v) is 10.3. The Morgan fingerprint density at radius 3 is 2.70 bits per heavy atom. The molecule has 0 saturated carbocycles. The lowest BCUT2D eigenvalue weighted by atomic mass is 9.81. The molecular formula is C20H26N4O5S. The van der Waals surface area contributed by atoms with Gasteiger partial charge >= 0.3 is 0 Å². The zero-order valence-corrected chi connectivity index (χ0v) is 18.4. The smallest absolute Gasteiger partial charge is 0.254 e. The molecular weight excluding hydrogens is 408 g/mol. The van der Waals surface area contributed by atoms with Gasteiger partial charge in [-0.25, -0.2) is 12.7 Å². The zero-order valence-electron chi connectivity index (χ0n) is 17.6. The fraction of sp³-hybridized carbons (Fsp3) is 0.550. The van der Waals surface area contributed by atoms with Crippen molar-refractivity contribution in [3.8, 4) is 5.75 Å². The number of carbonyl (C=O) groups is 1. The number of amides is 1. The number of ether oxygens (including phenoxy) is 1. The van der Waals surface area contributed by atoms with Crippen molar-refractivity contribution in [1.29, 1.82) is 0 Å². The van der Waals surface area contributed by atoms with Crippen LogP contribution in [0.3, 0.4) is 0 Å². The number of likely N-dealkylation sites (tertiary alicyclic amines) is 1. The van der Waals surface area contributed by atoms with Crippen molar-refractivity contribution in [3.05, 3.63) is 41.0 Å². The van der Waals surface area contributed by atoms with Crippen LogP contribution in [0.15, 0.2) is 22.7 Å². The van der Waals surface area contributed by atoms with Gasteiger partial charge in [0, 0.05) is 43.2 Å². The monoisotopic (exact) mass is 434 g/mol. The molecule has 2 aliphatic rings. The maximum Gasteiger partial charge on any atom is 0.254 e. The molecule has 0 bridgehead atoms. The van der Waals surface area contributed by atoms with Gasteiger partial charge in [0.05, 0.1) is 18.3 Å². The molecule has 2 atom stereocenters. The molecule has 2 fully saturated rings. The number of sulfonamides is 1.